The Morgan fingerprint density at radius 1 is 0.875 bits per heavy atom. The quantitative estimate of drug-likeness (QED) is 0.275. The Labute approximate surface area is 251 Å². The van der Waals surface area contributed by atoms with E-state index >= 15 is 0 Å². The van der Waals surface area contributed by atoms with Crippen molar-refractivity contribution in [2.24, 2.45) is 5.92 Å². The summed E-state index contributed by atoms with van der Waals surface area (Å²) >= 11 is 18.3. The molecule has 0 heterocycles. The highest BCUT2D eigenvalue weighted by molar-refractivity contribution is 7.92. The van der Waals surface area contributed by atoms with Crippen LogP contribution >= 0.6 is 34.8 Å². The first-order valence-electron chi connectivity index (χ1n) is 12.6. The fourth-order valence-corrected chi connectivity index (χ4v) is 5.28. The zero-order valence-corrected chi connectivity index (χ0v) is 25.6. The van der Waals surface area contributed by atoms with Gasteiger partial charge >= 0.3 is 0 Å². The molecule has 1 atom stereocenters. The molecule has 1 N–H and O–H groups in total. The Morgan fingerprint density at radius 3 is 2.10 bits per heavy atom. The van der Waals surface area contributed by atoms with Crippen LogP contribution in [0.15, 0.2) is 72.8 Å². The maximum Gasteiger partial charge on any atom is 0.244 e. The third-order valence-corrected chi connectivity index (χ3v) is 8.22. The lowest BCUT2D eigenvalue weighted by molar-refractivity contribution is -0.140. The molecule has 11 heteroatoms. The van der Waals surface area contributed by atoms with Crippen LogP contribution in [0, 0.1) is 5.92 Å². The molecule has 0 bridgehead atoms. The number of anilines is 1. The highest BCUT2D eigenvalue weighted by Crippen LogP contribution is 2.29. The molecule has 0 spiro atoms. The van der Waals surface area contributed by atoms with Crippen molar-refractivity contribution in [1.29, 1.82) is 0 Å². The predicted octanol–water partition coefficient (Wildman–Crippen LogP) is 5.83. The number of nitrogens with zero attached hydrogens (tertiary/aromatic N) is 2. The first-order chi connectivity index (χ1) is 18.8. The van der Waals surface area contributed by atoms with Gasteiger partial charge in [0.05, 0.1) is 22.0 Å². The van der Waals surface area contributed by atoms with Gasteiger partial charge in [-0.05, 0) is 47.4 Å². The lowest BCUT2D eigenvalue weighted by atomic mass is 10.0. The summed E-state index contributed by atoms with van der Waals surface area (Å²) in [5, 5.41) is 3.87. The Bertz CT molecular complexity index is 1420. The predicted molar refractivity (Wildman–Crippen MR) is 162 cm³/mol. The Hall–Kier alpha value is -2.78. The van der Waals surface area contributed by atoms with E-state index in [4.69, 9.17) is 34.8 Å². The van der Waals surface area contributed by atoms with Crippen LogP contribution in [0.5, 0.6) is 0 Å². The van der Waals surface area contributed by atoms with Crippen molar-refractivity contribution in [3.05, 3.63) is 99.0 Å². The second-order valence-electron chi connectivity index (χ2n) is 9.86. The van der Waals surface area contributed by atoms with Crippen molar-refractivity contribution in [1.82, 2.24) is 10.2 Å². The third-order valence-electron chi connectivity index (χ3n) is 6.09. The van der Waals surface area contributed by atoms with Crippen LogP contribution in [-0.4, -0.2) is 50.5 Å². The number of sulfonamides is 1. The molecule has 0 aliphatic rings. The molecular formula is C29H32Cl3N3O4S. The molecule has 0 aliphatic heterocycles. The van der Waals surface area contributed by atoms with Crippen LogP contribution in [0.1, 0.15) is 25.0 Å². The number of hydrogen-bond acceptors (Lipinski definition) is 4. The summed E-state index contributed by atoms with van der Waals surface area (Å²) in [6, 6.07) is 19.7. The molecule has 0 aromatic heterocycles. The summed E-state index contributed by atoms with van der Waals surface area (Å²) in [7, 11) is -3.91. The first-order valence-corrected chi connectivity index (χ1v) is 15.6. The molecule has 214 valence electrons. The standard InChI is InChI=1S/C29H32Cl3N3O4S/c1-20(2)17-33-29(37)27(15-21-7-5-4-6-8-21)34(18-22-9-11-23(30)12-10-22)28(36)19-35(40(3,38)39)24-13-14-25(31)26(32)16-24/h4-14,16,20,27H,15,17-19H2,1-3H3,(H,33,37). The molecule has 3 aromatic carbocycles. The van der Waals surface area contributed by atoms with E-state index in [1.807, 2.05) is 44.2 Å². The van der Waals surface area contributed by atoms with Crippen molar-refractivity contribution in [2.75, 3.05) is 23.7 Å². The number of rotatable bonds is 12. The molecule has 3 rings (SSSR count). The third kappa shape index (κ3) is 9.13. The van der Waals surface area contributed by atoms with Gasteiger partial charge in [0.2, 0.25) is 21.8 Å². The second-order valence-corrected chi connectivity index (χ2v) is 13.0. The van der Waals surface area contributed by atoms with Crippen molar-refractivity contribution in [3.8, 4) is 0 Å². The number of amides is 2. The highest BCUT2D eigenvalue weighted by Gasteiger charge is 2.33. The van der Waals surface area contributed by atoms with Crippen LogP contribution in [0.3, 0.4) is 0 Å². The van der Waals surface area contributed by atoms with E-state index in [1.54, 1.807) is 24.3 Å². The van der Waals surface area contributed by atoms with Gasteiger partial charge in [-0.25, -0.2) is 8.42 Å². The second kappa shape index (κ2) is 14.2. The first kappa shape index (κ1) is 31.7. The minimum Gasteiger partial charge on any atom is -0.354 e. The van der Waals surface area contributed by atoms with Gasteiger partial charge in [0, 0.05) is 24.5 Å². The SMILES string of the molecule is CC(C)CNC(=O)C(Cc1ccccc1)N(Cc1ccc(Cl)cc1)C(=O)CN(c1ccc(Cl)c(Cl)c1)S(C)(=O)=O. The number of hydrogen-bond donors (Lipinski definition) is 1. The molecular weight excluding hydrogens is 593 g/mol. The summed E-state index contributed by atoms with van der Waals surface area (Å²) in [6.45, 7) is 3.88. The monoisotopic (exact) mass is 623 g/mol. The van der Waals surface area contributed by atoms with Crippen molar-refractivity contribution in [2.45, 2.75) is 32.9 Å². The van der Waals surface area contributed by atoms with E-state index in [1.165, 1.54) is 23.1 Å². The summed E-state index contributed by atoms with van der Waals surface area (Å²) in [5.41, 5.74) is 1.76. The van der Waals surface area contributed by atoms with E-state index in [0.717, 1.165) is 21.7 Å². The van der Waals surface area contributed by atoms with Crippen LogP contribution < -0.4 is 9.62 Å². The summed E-state index contributed by atoms with van der Waals surface area (Å²) in [4.78, 5) is 29.0. The van der Waals surface area contributed by atoms with Gasteiger partial charge < -0.3 is 10.2 Å². The number of halogens is 3. The molecule has 0 aliphatic carbocycles. The lowest BCUT2D eigenvalue weighted by Crippen LogP contribution is -2.53. The molecule has 40 heavy (non-hydrogen) atoms. The van der Waals surface area contributed by atoms with E-state index in [-0.39, 0.29) is 40.5 Å². The molecule has 2 amide bonds. The number of carbonyl (C=O) groups is 2. The molecule has 7 nitrogen and oxygen atoms in total. The number of carbonyl (C=O) groups excluding carboxylic acids is 2. The normalized spacial score (nSPS) is 12.2. The van der Waals surface area contributed by atoms with E-state index in [2.05, 4.69) is 5.32 Å². The van der Waals surface area contributed by atoms with Crippen LogP contribution in [0.4, 0.5) is 5.69 Å². The van der Waals surface area contributed by atoms with Gasteiger partial charge in [-0.3, -0.25) is 13.9 Å². The highest BCUT2D eigenvalue weighted by atomic mass is 35.5. The topological polar surface area (TPSA) is 86.8 Å². The number of benzene rings is 3. The maximum atomic E-state index is 14.0. The smallest absolute Gasteiger partial charge is 0.244 e. The summed E-state index contributed by atoms with van der Waals surface area (Å²) in [6.07, 6.45) is 1.23. The van der Waals surface area contributed by atoms with Gasteiger partial charge in [0.25, 0.3) is 0 Å². The van der Waals surface area contributed by atoms with Crippen molar-refractivity contribution < 1.29 is 18.0 Å². The summed E-state index contributed by atoms with van der Waals surface area (Å²) < 4.78 is 26.6. The van der Waals surface area contributed by atoms with Gasteiger partial charge in [0.15, 0.2) is 0 Å². The average Bonchev–Trinajstić information content (AvgIpc) is 2.90. The molecule has 0 saturated carbocycles. The largest absolute Gasteiger partial charge is 0.354 e. The van der Waals surface area contributed by atoms with Crippen LogP contribution in [0.2, 0.25) is 15.1 Å². The Balaban J connectivity index is 2.05. The van der Waals surface area contributed by atoms with Crippen molar-refractivity contribution in [3.63, 3.8) is 0 Å². The lowest BCUT2D eigenvalue weighted by Gasteiger charge is -2.33. The van der Waals surface area contributed by atoms with Crippen LogP contribution in [-0.2, 0) is 32.6 Å². The van der Waals surface area contributed by atoms with Crippen molar-refractivity contribution >= 4 is 62.3 Å². The molecule has 0 fully saturated rings. The molecule has 0 radical (unpaired) electrons. The molecule has 0 saturated heterocycles. The van der Waals surface area contributed by atoms with E-state index < -0.39 is 28.5 Å². The number of nitrogens with one attached hydrogen (secondary N) is 1. The fraction of sp³-hybridized carbons (Fsp3) is 0.310. The minimum atomic E-state index is -3.91. The fourth-order valence-electron chi connectivity index (χ4n) is 4.02. The van der Waals surface area contributed by atoms with E-state index in [0.29, 0.717) is 11.6 Å². The van der Waals surface area contributed by atoms with Crippen LogP contribution in [0.25, 0.3) is 0 Å². The average molecular weight is 625 g/mol. The van der Waals surface area contributed by atoms with Gasteiger partial charge in [-0.1, -0.05) is 91.1 Å². The van der Waals surface area contributed by atoms with Gasteiger partial charge in [0.1, 0.15) is 12.6 Å². The Kier molecular flexibility index (Phi) is 11.3. The molecule has 1 unspecified atom stereocenters. The van der Waals surface area contributed by atoms with Gasteiger partial charge in [-0.15, -0.1) is 0 Å². The van der Waals surface area contributed by atoms with E-state index in [9.17, 15) is 18.0 Å². The van der Waals surface area contributed by atoms with Gasteiger partial charge in [-0.2, -0.15) is 0 Å². The maximum absolute atomic E-state index is 14.0. The minimum absolute atomic E-state index is 0.0571. The zero-order chi connectivity index (χ0) is 29.4. The Morgan fingerprint density at radius 2 is 1.52 bits per heavy atom. The summed E-state index contributed by atoms with van der Waals surface area (Å²) in [5.74, 6) is -0.704. The zero-order valence-electron chi connectivity index (χ0n) is 22.5. The molecule has 3 aromatic rings.